The van der Waals surface area contributed by atoms with E-state index in [0.717, 1.165) is 32.3 Å². The maximum Gasteiger partial charge on any atom is 0.0594 e. The molecule has 0 radical (unpaired) electrons. The van der Waals surface area contributed by atoms with Crippen molar-refractivity contribution in [2.75, 3.05) is 46.4 Å². The molecule has 0 bridgehead atoms. The molecule has 1 unspecified atom stereocenters. The maximum absolute atomic E-state index is 5.40. The lowest BCUT2D eigenvalue weighted by Crippen LogP contribution is -2.43. The standard InChI is InChI=1S/C16H34N2O/c1-4-6-7-9-16(8-5-2)17(3)10-11-18-12-14-19-15-13-18/h16H,4-15H2,1-3H3. The van der Waals surface area contributed by atoms with Crippen LogP contribution in [0.25, 0.3) is 0 Å². The van der Waals surface area contributed by atoms with Crippen LogP contribution in [-0.2, 0) is 4.74 Å². The van der Waals surface area contributed by atoms with Crippen LogP contribution in [0.3, 0.4) is 0 Å². The van der Waals surface area contributed by atoms with Gasteiger partial charge in [-0.3, -0.25) is 4.90 Å². The highest BCUT2D eigenvalue weighted by Crippen LogP contribution is 2.14. The first-order valence-corrected chi connectivity index (χ1v) is 8.28. The molecule has 0 aliphatic carbocycles. The van der Waals surface area contributed by atoms with Gasteiger partial charge in [-0.25, -0.2) is 0 Å². The highest BCUT2D eigenvalue weighted by Gasteiger charge is 2.16. The van der Waals surface area contributed by atoms with E-state index >= 15 is 0 Å². The summed E-state index contributed by atoms with van der Waals surface area (Å²) in [6.07, 6.45) is 8.14. The van der Waals surface area contributed by atoms with Gasteiger partial charge in [0.2, 0.25) is 0 Å². The second-order valence-electron chi connectivity index (χ2n) is 5.87. The Morgan fingerprint density at radius 1 is 1.05 bits per heavy atom. The van der Waals surface area contributed by atoms with Gasteiger partial charge < -0.3 is 9.64 Å². The highest BCUT2D eigenvalue weighted by molar-refractivity contribution is 4.71. The smallest absolute Gasteiger partial charge is 0.0594 e. The molecule has 1 atom stereocenters. The first-order valence-electron chi connectivity index (χ1n) is 8.28. The Bertz CT molecular complexity index is 205. The Morgan fingerprint density at radius 2 is 1.79 bits per heavy atom. The zero-order valence-corrected chi connectivity index (χ0v) is 13.4. The fourth-order valence-electron chi connectivity index (χ4n) is 2.85. The van der Waals surface area contributed by atoms with E-state index in [-0.39, 0.29) is 0 Å². The fraction of sp³-hybridized carbons (Fsp3) is 1.00. The van der Waals surface area contributed by atoms with Gasteiger partial charge >= 0.3 is 0 Å². The molecule has 0 aromatic rings. The average molecular weight is 270 g/mol. The second-order valence-corrected chi connectivity index (χ2v) is 5.87. The molecule has 1 rings (SSSR count). The minimum atomic E-state index is 0.789. The summed E-state index contributed by atoms with van der Waals surface area (Å²) in [6, 6.07) is 0.789. The summed E-state index contributed by atoms with van der Waals surface area (Å²) in [7, 11) is 2.31. The van der Waals surface area contributed by atoms with E-state index in [1.165, 1.54) is 51.6 Å². The van der Waals surface area contributed by atoms with Crippen LogP contribution in [0.4, 0.5) is 0 Å². The Labute approximate surface area is 120 Å². The van der Waals surface area contributed by atoms with Gasteiger partial charge in [0.15, 0.2) is 0 Å². The number of likely N-dealkylation sites (N-methyl/N-ethyl adjacent to an activating group) is 1. The lowest BCUT2D eigenvalue weighted by Gasteiger charge is -2.32. The van der Waals surface area contributed by atoms with E-state index in [1.54, 1.807) is 0 Å². The van der Waals surface area contributed by atoms with Crippen LogP contribution in [-0.4, -0.2) is 62.3 Å². The van der Waals surface area contributed by atoms with Crippen LogP contribution >= 0.6 is 0 Å². The summed E-state index contributed by atoms with van der Waals surface area (Å²) in [5, 5.41) is 0. The third-order valence-corrected chi connectivity index (χ3v) is 4.26. The van der Waals surface area contributed by atoms with Crippen molar-refractivity contribution in [3.63, 3.8) is 0 Å². The van der Waals surface area contributed by atoms with Gasteiger partial charge in [0.1, 0.15) is 0 Å². The van der Waals surface area contributed by atoms with Crippen molar-refractivity contribution in [3.05, 3.63) is 0 Å². The molecule has 1 saturated heterocycles. The Hall–Kier alpha value is -0.120. The van der Waals surface area contributed by atoms with E-state index in [4.69, 9.17) is 4.74 Å². The Morgan fingerprint density at radius 3 is 2.42 bits per heavy atom. The van der Waals surface area contributed by atoms with Gasteiger partial charge in [-0.15, -0.1) is 0 Å². The largest absolute Gasteiger partial charge is 0.379 e. The van der Waals surface area contributed by atoms with Crippen LogP contribution in [0, 0.1) is 0 Å². The normalized spacial score (nSPS) is 18.9. The molecule has 3 nitrogen and oxygen atoms in total. The summed E-state index contributed by atoms with van der Waals surface area (Å²) < 4.78 is 5.40. The van der Waals surface area contributed by atoms with Gasteiger partial charge in [-0.05, 0) is 19.9 Å². The summed E-state index contributed by atoms with van der Waals surface area (Å²) in [6.45, 7) is 11.1. The SMILES string of the molecule is CCCCCC(CCC)N(C)CCN1CCOCC1. The molecule has 1 aliphatic heterocycles. The Kier molecular flexibility index (Phi) is 9.48. The van der Waals surface area contributed by atoms with E-state index < -0.39 is 0 Å². The number of hydrogen-bond donors (Lipinski definition) is 0. The summed E-state index contributed by atoms with van der Waals surface area (Å²) in [5.41, 5.74) is 0. The number of unbranched alkanes of at least 4 members (excludes halogenated alkanes) is 2. The van der Waals surface area contributed by atoms with E-state index in [2.05, 4.69) is 30.7 Å². The van der Waals surface area contributed by atoms with Crippen LogP contribution in [0.15, 0.2) is 0 Å². The van der Waals surface area contributed by atoms with Gasteiger partial charge in [0.25, 0.3) is 0 Å². The summed E-state index contributed by atoms with van der Waals surface area (Å²) in [5.74, 6) is 0. The van der Waals surface area contributed by atoms with Crippen LogP contribution in [0.2, 0.25) is 0 Å². The molecular formula is C16H34N2O. The van der Waals surface area contributed by atoms with Gasteiger partial charge in [0, 0.05) is 32.2 Å². The molecule has 19 heavy (non-hydrogen) atoms. The van der Waals surface area contributed by atoms with E-state index in [1.807, 2.05) is 0 Å². The Balaban J connectivity index is 2.22. The molecule has 1 aliphatic rings. The molecule has 0 N–H and O–H groups in total. The van der Waals surface area contributed by atoms with Crippen molar-refractivity contribution in [2.45, 2.75) is 58.4 Å². The zero-order chi connectivity index (χ0) is 13.9. The predicted octanol–water partition coefficient (Wildman–Crippen LogP) is 3.00. The van der Waals surface area contributed by atoms with E-state index in [0.29, 0.717) is 0 Å². The number of morpholine rings is 1. The molecule has 0 aromatic heterocycles. The third-order valence-electron chi connectivity index (χ3n) is 4.26. The topological polar surface area (TPSA) is 15.7 Å². The molecule has 3 heteroatoms. The molecular weight excluding hydrogens is 236 g/mol. The zero-order valence-electron chi connectivity index (χ0n) is 13.4. The third kappa shape index (κ3) is 7.28. The molecule has 0 amide bonds. The average Bonchev–Trinajstić information content (AvgIpc) is 2.45. The second kappa shape index (κ2) is 10.6. The maximum atomic E-state index is 5.40. The highest BCUT2D eigenvalue weighted by atomic mass is 16.5. The molecule has 114 valence electrons. The molecule has 1 heterocycles. The fourth-order valence-corrected chi connectivity index (χ4v) is 2.85. The molecule has 0 spiro atoms. The predicted molar refractivity (Wildman–Crippen MR) is 82.7 cm³/mol. The van der Waals surface area contributed by atoms with Gasteiger partial charge in [0.05, 0.1) is 13.2 Å². The van der Waals surface area contributed by atoms with Crippen molar-refractivity contribution >= 4 is 0 Å². The molecule has 1 fully saturated rings. The van der Waals surface area contributed by atoms with Gasteiger partial charge in [-0.1, -0.05) is 39.5 Å². The minimum Gasteiger partial charge on any atom is -0.379 e. The van der Waals surface area contributed by atoms with E-state index in [9.17, 15) is 0 Å². The van der Waals surface area contributed by atoms with Crippen molar-refractivity contribution in [1.29, 1.82) is 0 Å². The molecule has 0 aromatic carbocycles. The first kappa shape index (κ1) is 16.9. The van der Waals surface area contributed by atoms with Crippen molar-refractivity contribution in [3.8, 4) is 0 Å². The van der Waals surface area contributed by atoms with Crippen molar-refractivity contribution in [2.24, 2.45) is 0 Å². The molecule has 0 saturated carbocycles. The monoisotopic (exact) mass is 270 g/mol. The summed E-state index contributed by atoms with van der Waals surface area (Å²) in [4.78, 5) is 5.13. The number of rotatable bonds is 10. The minimum absolute atomic E-state index is 0.789. The number of ether oxygens (including phenoxy) is 1. The number of hydrogen-bond acceptors (Lipinski definition) is 3. The lowest BCUT2D eigenvalue weighted by molar-refractivity contribution is 0.0321. The van der Waals surface area contributed by atoms with Crippen molar-refractivity contribution < 1.29 is 4.74 Å². The van der Waals surface area contributed by atoms with Crippen LogP contribution < -0.4 is 0 Å². The quantitative estimate of drug-likeness (QED) is 0.568. The van der Waals surface area contributed by atoms with Crippen molar-refractivity contribution in [1.82, 2.24) is 9.80 Å². The first-order chi connectivity index (χ1) is 9.27. The lowest BCUT2D eigenvalue weighted by atomic mass is 10.0. The number of nitrogens with zero attached hydrogens (tertiary/aromatic N) is 2. The van der Waals surface area contributed by atoms with Gasteiger partial charge in [-0.2, -0.15) is 0 Å². The van der Waals surface area contributed by atoms with Crippen LogP contribution in [0.1, 0.15) is 52.4 Å². The summed E-state index contributed by atoms with van der Waals surface area (Å²) >= 11 is 0. The van der Waals surface area contributed by atoms with Crippen LogP contribution in [0.5, 0.6) is 0 Å².